The van der Waals surface area contributed by atoms with Crippen LogP contribution in [0.15, 0.2) is 23.4 Å². The number of para-hydroxylation sites is 1. The third-order valence-corrected chi connectivity index (χ3v) is 3.19. The van der Waals surface area contributed by atoms with Crippen LogP contribution in [0.2, 0.25) is 0 Å². The first kappa shape index (κ1) is 15.3. The Morgan fingerprint density at radius 3 is 2.74 bits per heavy atom. The highest BCUT2D eigenvalue weighted by Gasteiger charge is 2.19. The third kappa shape index (κ3) is 3.38. The van der Waals surface area contributed by atoms with Gasteiger partial charge in [0.15, 0.2) is 5.84 Å². The molecule has 0 bridgehead atoms. The number of likely N-dealkylation sites (N-methyl/N-ethyl adjacent to an activating group) is 1. The number of hydrogen-bond acceptors (Lipinski definition) is 4. The molecule has 0 amide bonds. The largest absolute Gasteiger partial charge is 0.409 e. The molecule has 0 fully saturated rings. The molecule has 1 rings (SSSR count). The maximum atomic E-state index is 8.92. The van der Waals surface area contributed by atoms with Crippen LogP contribution in [0.3, 0.4) is 0 Å². The van der Waals surface area contributed by atoms with Crippen molar-refractivity contribution < 1.29 is 9.94 Å². The molecule has 1 unspecified atom stereocenters. The maximum Gasteiger partial charge on any atom is 0.172 e. The van der Waals surface area contributed by atoms with E-state index in [4.69, 9.17) is 15.7 Å². The average molecular weight is 265 g/mol. The van der Waals surface area contributed by atoms with Crippen LogP contribution in [-0.2, 0) is 4.74 Å². The van der Waals surface area contributed by atoms with E-state index in [1.54, 1.807) is 7.11 Å². The van der Waals surface area contributed by atoms with Crippen molar-refractivity contribution in [3.05, 3.63) is 29.3 Å². The third-order valence-electron chi connectivity index (χ3n) is 3.19. The number of oxime groups is 1. The zero-order chi connectivity index (χ0) is 14.4. The summed E-state index contributed by atoms with van der Waals surface area (Å²) in [6, 6.07) is 5.99. The summed E-state index contributed by atoms with van der Waals surface area (Å²) < 4.78 is 5.22. The number of nitrogens with zero attached hydrogens (tertiary/aromatic N) is 2. The zero-order valence-corrected chi connectivity index (χ0v) is 12.1. The molecule has 5 heteroatoms. The van der Waals surface area contributed by atoms with Gasteiger partial charge in [0.25, 0.3) is 0 Å². The first-order valence-electron chi connectivity index (χ1n) is 6.39. The normalized spacial score (nSPS) is 13.4. The van der Waals surface area contributed by atoms with Crippen LogP contribution in [0.5, 0.6) is 0 Å². The van der Waals surface area contributed by atoms with Gasteiger partial charge in [0.2, 0.25) is 0 Å². The van der Waals surface area contributed by atoms with Crippen molar-refractivity contribution in [2.24, 2.45) is 10.9 Å². The van der Waals surface area contributed by atoms with E-state index in [2.05, 4.69) is 23.9 Å². The Hall–Kier alpha value is -1.75. The smallest absolute Gasteiger partial charge is 0.172 e. The first-order valence-corrected chi connectivity index (χ1v) is 6.39. The number of aryl methyl sites for hydroxylation is 1. The highest BCUT2D eigenvalue weighted by Crippen LogP contribution is 2.27. The van der Waals surface area contributed by atoms with E-state index in [9.17, 15) is 0 Å². The first-order chi connectivity index (χ1) is 9.06. The highest BCUT2D eigenvalue weighted by molar-refractivity contribution is 6.02. The van der Waals surface area contributed by atoms with Gasteiger partial charge in [0, 0.05) is 25.3 Å². The minimum atomic E-state index is 0.127. The van der Waals surface area contributed by atoms with E-state index in [0.717, 1.165) is 23.4 Å². The number of methoxy groups -OCH3 is 1. The van der Waals surface area contributed by atoms with E-state index in [1.165, 1.54) is 0 Å². The van der Waals surface area contributed by atoms with Gasteiger partial charge >= 0.3 is 0 Å². The Labute approximate surface area is 114 Å². The van der Waals surface area contributed by atoms with Crippen LogP contribution >= 0.6 is 0 Å². The Kier molecular flexibility index (Phi) is 5.63. The van der Waals surface area contributed by atoms with Crippen molar-refractivity contribution in [1.29, 1.82) is 0 Å². The molecule has 0 aromatic heterocycles. The van der Waals surface area contributed by atoms with Crippen molar-refractivity contribution in [2.45, 2.75) is 26.8 Å². The Morgan fingerprint density at radius 2 is 2.21 bits per heavy atom. The number of anilines is 1. The van der Waals surface area contributed by atoms with Crippen molar-refractivity contribution in [2.75, 3.05) is 25.2 Å². The number of benzene rings is 1. The summed E-state index contributed by atoms with van der Waals surface area (Å²) in [4.78, 5) is 2.20. The molecule has 0 saturated heterocycles. The molecule has 106 valence electrons. The van der Waals surface area contributed by atoms with Crippen LogP contribution in [-0.4, -0.2) is 37.3 Å². The summed E-state index contributed by atoms with van der Waals surface area (Å²) in [5.74, 6) is 0.127. The molecule has 1 aromatic rings. The van der Waals surface area contributed by atoms with E-state index >= 15 is 0 Å². The lowest BCUT2D eigenvalue weighted by atomic mass is 10.0. The zero-order valence-electron chi connectivity index (χ0n) is 12.1. The molecule has 0 saturated carbocycles. The fourth-order valence-electron chi connectivity index (χ4n) is 2.32. The molecule has 3 N–H and O–H groups in total. The van der Waals surface area contributed by atoms with Crippen molar-refractivity contribution in [3.8, 4) is 0 Å². The second-order valence-electron chi connectivity index (χ2n) is 4.55. The lowest BCUT2D eigenvalue weighted by molar-refractivity contribution is 0.182. The van der Waals surface area contributed by atoms with Crippen LogP contribution < -0.4 is 10.6 Å². The van der Waals surface area contributed by atoms with Gasteiger partial charge < -0.3 is 20.6 Å². The molecule has 19 heavy (non-hydrogen) atoms. The lowest BCUT2D eigenvalue weighted by Gasteiger charge is -2.32. The number of rotatable bonds is 6. The predicted molar refractivity (Wildman–Crippen MR) is 78.0 cm³/mol. The Bertz CT molecular complexity index is 446. The van der Waals surface area contributed by atoms with Crippen molar-refractivity contribution >= 4 is 11.5 Å². The minimum absolute atomic E-state index is 0.127. The molecular formula is C14H23N3O2. The van der Waals surface area contributed by atoms with Gasteiger partial charge in [-0.25, -0.2) is 0 Å². The summed E-state index contributed by atoms with van der Waals surface area (Å²) in [7, 11) is 1.69. The number of amidine groups is 1. The number of hydrogen-bond donors (Lipinski definition) is 2. The van der Waals surface area contributed by atoms with Gasteiger partial charge in [-0.05, 0) is 32.4 Å². The summed E-state index contributed by atoms with van der Waals surface area (Å²) in [5, 5.41) is 12.0. The van der Waals surface area contributed by atoms with Gasteiger partial charge in [-0.15, -0.1) is 0 Å². The predicted octanol–water partition coefficient (Wildman–Crippen LogP) is 1.95. The average Bonchev–Trinajstić information content (AvgIpc) is 2.40. The molecule has 1 aromatic carbocycles. The Morgan fingerprint density at radius 1 is 1.53 bits per heavy atom. The lowest BCUT2D eigenvalue weighted by Crippen LogP contribution is -2.38. The topological polar surface area (TPSA) is 71.1 Å². The maximum absolute atomic E-state index is 8.92. The standard InChI is InChI=1S/C14H23N3O2/c1-5-17(11(3)9-19-4)13-10(2)7-6-8-12(13)14(15)16-18/h6-8,11,18H,5,9H2,1-4H3,(H2,15,16). The second kappa shape index (κ2) is 6.99. The van der Waals surface area contributed by atoms with E-state index in [1.807, 2.05) is 25.1 Å². The molecule has 0 aliphatic heterocycles. The second-order valence-corrected chi connectivity index (χ2v) is 4.55. The summed E-state index contributed by atoms with van der Waals surface area (Å²) >= 11 is 0. The molecular weight excluding hydrogens is 242 g/mol. The van der Waals surface area contributed by atoms with Crippen molar-refractivity contribution in [3.63, 3.8) is 0 Å². The van der Waals surface area contributed by atoms with Crippen LogP contribution in [0.25, 0.3) is 0 Å². The van der Waals surface area contributed by atoms with Gasteiger partial charge in [0.05, 0.1) is 12.3 Å². The molecule has 0 radical (unpaired) electrons. The molecule has 0 aliphatic carbocycles. The fraction of sp³-hybridized carbons (Fsp3) is 0.500. The van der Waals surface area contributed by atoms with Gasteiger partial charge in [-0.2, -0.15) is 0 Å². The van der Waals surface area contributed by atoms with E-state index in [0.29, 0.717) is 6.61 Å². The minimum Gasteiger partial charge on any atom is -0.409 e. The monoisotopic (exact) mass is 265 g/mol. The van der Waals surface area contributed by atoms with Gasteiger partial charge in [-0.3, -0.25) is 0 Å². The summed E-state index contributed by atoms with van der Waals surface area (Å²) in [6.45, 7) is 7.63. The van der Waals surface area contributed by atoms with E-state index < -0.39 is 0 Å². The Balaban J connectivity index is 3.29. The van der Waals surface area contributed by atoms with Crippen molar-refractivity contribution in [1.82, 2.24) is 0 Å². The SMILES string of the molecule is CCN(c1c(C)cccc1/C(N)=N/O)C(C)COC. The number of nitrogens with two attached hydrogens (primary N) is 1. The number of ether oxygens (including phenoxy) is 1. The van der Waals surface area contributed by atoms with Gasteiger partial charge in [0.1, 0.15) is 0 Å². The molecule has 1 atom stereocenters. The molecule has 5 nitrogen and oxygen atoms in total. The quantitative estimate of drug-likeness (QED) is 0.357. The van der Waals surface area contributed by atoms with Gasteiger partial charge in [-0.1, -0.05) is 17.3 Å². The summed E-state index contributed by atoms with van der Waals surface area (Å²) in [6.07, 6.45) is 0. The van der Waals surface area contributed by atoms with Crippen LogP contribution in [0.1, 0.15) is 25.0 Å². The molecule has 0 heterocycles. The van der Waals surface area contributed by atoms with Crippen LogP contribution in [0, 0.1) is 6.92 Å². The van der Waals surface area contributed by atoms with Crippen LogP contribution in [0.4, 0.5) is 5.69 Å². The summed E-state index contributed by atoms with van der Waals surface area (Å²) in [5.41, 5.74) is 8.60. The molecule has 0 aliphatic rings. The van der Waals surface area contributed by atoms with E-state index in [-0.39, 0.29) is 11.9 Å². The fourth-order valence-corrected chi connectivity index (χ4v) is 2.32. The molecule has 0 spiro atoms. The highest BCUT2D eigenvalue weighted by atomic mass is 16.5.